The maximum absolute atomic E-state index is 13.0. The van der Waals surface area contributed by atoms with Crippen molar-refractivity contribution in [3.63, 3.8) is 0 Å². The first kappa shape index (κ1) is 24.1. The number of oxime groups is 1. The molecule has 3 N–H and O–H groups in total. The minimum Gasteiger partial charge on any atom is -0.497 e. The quantitative estimate of drug-likeness (QED) is 0.133. The number of nitrogens with one attached hydrogen (secondary N) is 2. The Kier molecular flexibility index (Phi) is 6.37. The van der Waals surface area contributed by atoms with Crippen LogP contribution in [0.3, 0.4) is 0 Å². The van der Waals surface area contributed by atoms with Gasteiger partial charge in [0.15, 0.2) is 5.84 Å². The van der Waals surface area contributed by atoms with E-state index < -0.39 is 17.5 Å². The molecule has 12 nitrogen and oxygen atoms in total. The van der Waals surface area contributed by atoms with Crippen molar-refractivity contribution in [3.8, 4) is 17.6 Å². The van der Waals surface area contributed by atoms with Crippen molar-refractivity contribution >= 4 is 23.7 Å². The Balaban J connectivity index is 1.37. The highest BCUT2D eigenvalue weighted by Gasteiger charge is 2.48. The molecular weight excluding hydrogens is 480 g/mol. The van der Waals surface area contributed by atoms with Crippen molar-refractivity contribution in [2.45, 2.75) is 12.1 Å². The van der Waals surface area contributed by atoms with E-state index in [9.17, 15) is 19.6 Å². The second kappa shape index (κ2) is 9.79. The van der Waals surface area contributed by atoms with Crippen molar-refractivity contribution in [2.24, 2.45) is 5.16 Å². The summed E-state index contributed by atoms with van der Waals surface area (Å²) in [6, 6.07) is 7.85. The van der Waals surface area contributed by atoms with Gasteiger partial charge >= 0.3 is 6.03 Å². The molecule has 0 bridgehead atoms. The molecule has 3 aliphatic heterocycles. The number of methoxy groups -OCH3 is 1. The van der Waals surface area contributed by atoms with Crippen molar-refractivity contribution < 1.29 is 29.1 Å². The van der Waals surface area contributed by atoms with Gasteiger partial charge in [0.2, 0.25) is 5.54 Å². The van der Waals surface area contributed by atoms with Gasteiger partial charge in [-0.1, -0.05) is 23.1 Å². The summed E-state index contributed by atoms with van der Waals surface area (Å²) in [7, 11) is 1.52. The molecule has 0 unspecified atom stereocenters. The number of pyridine rings is 1. The number of morpholine rings is 1. The standard InChI is InChI=1S/C25H24N6O6/c1-36-18-4-3-17-14-31(22(32)19(17)12-18)15-25(23(33)27-24(34)28-25)7-6-16-2-5-20(26-13-16)21(29-35)30-8-10-37-11-9-30/h2-5,12-13,35H,8-11,14-15H2,1H3,(H2,27,28,33,34)/t25-/m1/s1. The minimum absolute atomic E-state index is 0.142. The molecule has 2 saturated heterocycles. The average Bonchev–Trinajstić information content (AvgIpc) is 3.38. The van der Waals surface area contributed by atoms with Crippen LogP contribution in [0.1, 0.15) is 27.2 Å². The normalized spacial score (nSPS) is 21.2. The maximum atomic E-state index is 13.0. The number of fused-ring (bicyclic) bond motifs is 1. The number of carbonyl (C=O) groups excluding carboxylic acids is 3. The van der Waals surface area contributed by atoms with Gasteiger partial charge in [-0.05, 0) is 29.8 Å². The molecule has 12 heteroatoms. The Bertz CT molecular complexity index is 1340. The zero-order valence-corrected chi connectivity index (χ0v) is 20.0. The number of amidine groups is 1. The van der Waals surface area contributed by atoms with Crippen LogP contribution in [0.2, 0.25) is 0 Å². The van der Waals surface area contributed by atoms with Crippen LogP contribution >= 0.6 is 0 Å². The predicted molar refractivity (Wildman–Crippen MR) is 129 cm³/mol. The third-order valence-corrected chi connectivity index (χ3v) is 6.38. The van der Waals surface area contributed by atoms with E-state index in [4.69, 9.17) is 9.47 Å². The van der Waals surface area contributed by atoms with Gasteiger partial charge in [0.1, 0.15) is 11.4 Å². The molecule has 37 heavy (non-hydrogen) atoms. The molecule has 2 fully saturated rings. The number of ether oxygens (including phenoxy) is 2. The Morgan fingerprint density at radius 2 is 2.05 bits per heavy atom. The number of nitrogens with zero attached hydrogens (tertiary/aromatic N) is 4. The minimum atomic E-state index is -1.64. The van der Waals surface area contributed by atoms with E-state index in [-0.39, 0.29) is 19.0 Å². The van der Waals surface area contributed by atoms with Crippen LogP contribution < -0.4 is 15.4 Å². The molecule has 1 aromatic carbocycles. The monoisotopic (exact) mass is 504 g/mol. The van der Waals surface area contributed by atoms with E-state index in [0.29, 0.717) is 54.7 Å². The first-order valence-electron chi connectivity index (χ1n) is 11.6. The Labute approximate surface area is 212 Å². The van der Waals surface area contributed by atoms with Crippen molar-refractivity contribution in [2.75, 3.05) is 40.0 Å². The van der Waals surface area contributed by atoms with E-state index in [0.717, 1.165) is 5.56 Å². The van der Waals surface area contributed by atoms with Gasteiger partial charge in [-0.25, -0.2) is 4.79 Å². The smallest absolute Gasteiger partial charge is 0.323 e. The molecule has 2 aromatic rings. The lowest BCUT2D eigenvalue weighted by atomic mass is 9.99. The fourth-order valence-electron chi connectivity index (χ4n) is 4.44. The molecule has 190 valence electrons. The summed E-state index contributed by atoms with van der Waals surface area (Å²) in [6.07, 6.45) is 1.49. The third-order valence-electron chi connectivity index (χ3n) is 6.38. The van der Waals surface area contributed by atoms with Crippen LogP contribution in [0.4, 0.5) is 4.79 Å². The van der Waals surface area contributed by atoms with Crippen LogP contribution in [0.25, 0.3) is 0 Å². The topological polar surface area (TPSA) is 146 Å². The number of amides is 4. The zero-order chi connectivity index (χ0) is 26.0. The SMILES string of the molecule is COc1ccc2c(c1)C(=O)N(C[C@@]1(C#Cc3ccc(C(=NO)N4CCOCC4)nc3)NC(=O)NC1=O)C2. The van der Waals surface area contributed by atoms with E-state index in [2.05, 4.69) is 32.6 Å². The Morgan fingerprint density at radius 1 is 1.24 bits per heavy atom. The number of carbonyl (C=O) groups is 3. The van der Waals surface area contributed by atoms with Gasteiger partial charge < -0.3 is 29.8 Å². The number of urea groups is 1. The average molecular weight is 505 g/mol. The lowest BCUT2D eigenvalue weighted by molar-refractivity contribution is -0.122. The largest absolute Gasteiger partial charge is 0.497 e. The Morgan fingerprint density at radius 3 is 2.70 bits per heavy atom. The van der Waals surface area contributed by atoms with Crippen LogP contribution in [0.15, 0.2) is 41.7 Å². The molecule has 5 rings (SSSR count). The summed E-state index contributed by atoms with van der Waals surface area (Å²) in [4.78, 5) is 45.6. The highest BCUT2D eigenvalue weighted by Crippen LogP contribution is 2.28. The van der Waals surface area contributed by atoms with Crippen molar-refractivity contribution in [1.29, 1.82) is 0 Å². The molecule has 4 heterocycles. The molecular formula is C25H24N6O6. The second-order valence-electron chi connectivity index (χ2n) is 8.70. The molecule has 1 aromatic heterocycles. The van der Waals surface area contributed by atoms with Crippen LogP contribution in [-0.2, 0) is 16.1 Å². The number of hydrogen-bond acceptors (Lipinski definition) is 8. The Hall–Kier alpha value is -4.63. The number of hydrogen-bond donors (Lipinski definition) is 3. The van der Waals surface area contributed by atoms with Gasteiger partial charge in [-0.3, -0.25) is 19.9 Å². The predicted octanol–water partition coefficient (Wildman–Crippen LogP) is 0.144. The van der Waals surface area contributed by atoms with Gasteiger partial charge in [0.05, 0.1) is 26.9 Å². The van der Waals surface area contributed by atoms with Gasteiger partial charge in [-0.2, -0.15) is 0 Å². The molecule has 1 atom stereocenters. The van der Waals surface area contributed by atoms with Crippen molar-refractivity contribution in [3.05, 3.63) is 58.9 Å². The number of imide groups is 1. The van der Waals surface area contributed by atoms with Crippen LogP contribution in [0, 0.1) is 11.8 Å². The maximum Gasteiger partial charge on any atom is 0.323 e. The van der Waals surface area contributed by atoms with Crippen molar-refractivity contribution in [1.82, 2.24) is 25.4 Å². The molecule has 0 spiro atoms. The fourth-order valence-corrected chi connectivity index (χ4v) is 4.44. The summed E-state index contributed by atoms with van der Waals surface area (Å²) < 4.78 is 10.5. The number of benzene rings is 1. The summed E-state index contributed by atoms with van der Waals surface area (Å²) in [6.45, 7) is 2.33. The molecule has 0 saturated carbocycles. The first-order valence-corrected chi connectivity index (χ1v) is 11.6. The zero-order valence-electron chi connectivity index (χ0n) is 20.0. The second-order valence-corrected chi connectivity index (χ2v) is 8.70. The molecule has 3 aliphatic rings. The number of rotatable bonds is 4. The van der Waals surface area contributed by atoms with Gasteiger partial charge in [0.25, 0.3) is 11.8 Å². The molecule has 4 amide bonds. The van der Waals surface area contributed by atoms with E-state index in [1.54, 1.807) is 30.3 Å². The lowest BCUT2D eigenvalue weighted by Gasteiger charge is -2.28. The van der Waals surface area contributed by atoms with E-state index >= 15 is 0 Å². The fraction of sp³-hybridized carbons (Fsp3) is 0.320. The summed E-state index contributed by atoms with van der Waals surface area (Å²) >= 11 is 0. The number of aromatic nitrogens is 1. The van der Waals surface area contributed by atoms with Gasteiger partial charge in [-0.15, -0.1) is 0 Å². The van der Waals surface area contributed by atoms with E-state index in [1.807, 2.05) is 4.90 Å². The lowest BCUT2D eigenvalue weighted by Crippen LogP contribution is -2.54. The molecule has 0 aliphatic carbocycles. The summed E-state index contributed by atoms with van der Waals surface area (Å²) in [5.41, 5.74) is 0.557. The third kappa shape index (κ3) is 4.64. The summed E-state index contributed by atoms with van der Waals surface area (Å²) in [5, 5.41) is 17.7. The molecule has 0 radical (unpaired) electrons. The first-order chi connectivity index (χ1) is 17.9. The highest BCUT2D eigenvalue weighted by atomic mass is 16.5. The van der Waals surface area contributed by atoms with E-state index in [1.165, 1.54) is 18.2 Å². The van der Waals surface area contributed by atoms with Crippen LogP contribution in [-0.4, -0.2) is 89.2 Å². The van der Waals surface area contributed by atoms with Gasteiger partial charge in [0, 0.05) is 37.0 Å². The summed E-state index contributed by atoms with van der Waals surface area (Å²) in [5.74, 6) is 5.69. The van der Waals surface area contributed by atoms with Crippen LogP contribution in [0.5, 0.6) is 5.75 Å². The highest BCUT2D eigenvalue weighted by molar-refractivity contribution is 6.10.